The van der Waals surface area contributed by atoms with E-state index >= 15 is 0 Å². The number of aryl methyl sites for hydroxylation is 1. The summed E-state index contributed by atoms with van der Waals surface area (Å²) in [4.78, 5) is 0. The molecule has 0 unspecified atom stereocenters. The number of nitrogens with zero attached hydrogens (tertiary/aromatic N) is 2. The fraction of sp³-hybridized carbons (Fsp3) is 0.364. The number of benzene rings is 1. The molecule has 0 amide bonds. The van der Waals surface area contributed by atoms with Crippen molar-refractivity contribution >= 4 is 22.5 Å². The average molecular weight is 209 g/mol. The summed E-state index contributed by atoms with van der Waals surface area (Å²) in [7, 11) is 1.96. The fourth-order valence-corrected chi connectivity index (χ4v) is 2.00. The van der Waals surface area contributed by atoms with Crippen molar-refractivity contribution in [3.05, 3.63) is 28.9 Å². The number of hydrogen-bond acceptors (Lipinski definition) is 1. The Morgan fingerprint density at radius 1 is 1.36 bits per heavy atom. The second-order valence-corrected chi connectivity index (χ2v) is 4.29. The Hall–Kier alpha value is -1.02. The third-order valence-corrected chi connectivity index (χ3v) is 2.67. The second kappa shape index (κ2) is 3.28. The Morgan fingerprint density at radius 2 is 2.07 bits per heavy atom. The van der Waals surface area contributed by atoms with Gasteiger partial charge in [-0.05, 0) is 23.6 Å². The summed E-state index contributed by atoms with van der Waals surface area (Å²) in [5, 5.41) is 6.14. The molecule has 0 saturated heterocycles. The molecule has 3 heteroatoms. The van der Waals surface area contributed by atoms with Gasteiger partial charge < -0.3 is 0 Å². The Kier molecular flexibility index (Phi) is 2.23. The Balaban J connectivity index is 2.83. The molecule has 0 radical (unpaired) electrons. The smallest absolute Gasteiger partial charge is 0.0714 e. The summed E-state index contributed by atoms with van der Waals surface area (Å²) in [6, 6.07) is 3.98. The van der Waals surface area contributed by atoms with E-state index in [0.29, 0.717) is 5.92 Å². The van der Waals surface area contributed by atoms with E-state index in [0.717, 1.165) is 10.4 Å². The van der Waals surface area contributed by atoms with Gasteiger partial charge in [0.05, 0.1) is 11.7 Å². The minimum Gasteiger partial charge on any atom is -0.268 e. The molecule has 0 saturated carbocycles. The van der Waals surface area contributed by atoms with Gasteiger partial charge in [-0.2, -0.15) is 5.10 Å². The van der Waals surface area contributed by atoms with Crippen molar-refractivity contribution in [3.8, 4) is 0 Å². The maximum Gasteiger partial charge on any atom is 0.0714 e. The Morgan fingerprint density at radius 3 is 2.71 bits per heavy atom. The molecule has 1 heterocycles. The van der Waals surface area contributed by atoms with Gasteiger partial charge in [-0.1, -0.05) is 25.4 Å². The van der Waals surface area contributed by atoms with E-state index in [1.165, 1.54) is 11.1 Å². The van der Waals surface area contributed by atoms with Crippen LogP contribution >= 0.6 is 11.6 Å². The average Bonchev–Trinajstić information content (AvgIpc) is 2.46. The highest BCUT2D eigenvalue weighted by Gasteiger charge is 2.10. The predicted octanol–water partition coefficient (Wildman–Crippen LogP) is 3.35. The van der Waals surface area contributed by atoms with Crippen LogP contribution in [0.4, 0.5) is 0 Å². The molecule has 0 atom stereocenters. The predicted molar refractivity (Wildman–Crippen MR) is 59.8 cm³/mol. The number of hydrogen-bond donors (Lipinski definition) is 0. The number of rotatable bonds is 1. The first-order valence-electron chi connectivity index (χ1n) is 4.70. The van der Waals surface area contributed by atoms with Crippen molar-refractivity contribution in [1.82, 2.24) is 9.78 Å². The van der Waals surface area contributed by atoms with Gasteiger partial charge in [-0.25, -0.2) is 0 Å². The molecular formula is C11H13ClN2. The van der Waals surface area contributed by atoms with Gasteiger partial charge in [-0.3, -0.25) is 4.68 Å². The van der Waals surface area contributed by atoms with Crippen LogP contribution in [0.2, 0.25) is 5.02 Å². The van der Waals surface area contributed by atoms with E-state index in [4.69, 9.17) is 11.6 Å². The normalized spacial score (nSPS) is 11.5. The monoisotopic (exact) mass is 208 g/mol. The first kappa shape index (κ1) is 9.53. The molecule has 0 aliphatic rings. The van der Waals surface area contributed by atoms with Crippen LogP contribution in [0, 0.1) is 0 Å². The highest BCUT2D eigenvalue weighted by atomic mass is 35.5. The van der Waals surface area contributed by atoms with Crippen LogP contribution < -0.4 is 0 Å². The van der Waals surface area contributed by atoms with Gasteiger partial charge in [0, 0.05) is 17.5 Å². The summed E-state index contributed by atoms with van der Waals surface area (Å²) in [5.74, 6) is 0.464. The quantitative estimate of drug-likeness (QED) is 0.703. The van der Waals surface area contributed by atoms with Crippen molar-refractivity contribution in [3.63, 3.8) is 0 Å². The summed E-state index contributed by atoms with van der Waals surface area (Å²) in [5.41, 5.74) is 2.44. The zero-order valence-corrected chi connectivity index (χ0v) is 9.34. The highest BCUT2D eigenvalue weighted by Crippen LogP contribution is 2.28. The molecule has 74 valence electrons. The van der Waals surface area contributed by atoms with Gasteiger partial charge in [0.2, 0.25) is 0 Å². The minimum absolute atomic E-state index is 0.464. The van der Waals surface area contributed by atoms with Crippen LogP contribution in [0.15, 0.2) is 18.3 Å². The molecule has 0 bridgehead atoms. The third-order valence-electron chi connectivity index (χ3n) is 2.45. The molecule has 0 N–H and O–H groups in total. The molecule has 0 spiro atoms. The summed E-state index contributed by atoms with van der Waals surface area (Å²) in [6.45, 7) is 4.33. The van der Waals surface area contributed by atoms with Crippen LogP contribution in [0.3, 0.4) is 0 Å². The maximum absolute atomic E-state index is 6.04. The number of halogens is 1. The topological polar surface area (TPSA) is 17.8 Å². The molecule has 14 heavy (non-hydrogen) atoms. The molecule has 2 aromatic rings. The van der Waals surface area contributed by atoms with Crippen LogP contribution in [-0.2, 0) is 7.05 Å². The summed E-state index contributed by atoms with van der Waals surface area (Å²) < 4.78 is 1.90. The lowest BCUT2D eigenvalue weighted by Gasteiger charge is -2.09. The summed E-state index contributed by atoms with van der Waals surface area (Å²) in [6.07, 6.45) is 1.85. The number of aromatic nitrogens is 2. The molecule has 2 nitrogen and oxygen atoms in total. The van der Waals surface area contributed by atoms with Gasteiger partial charge >= 0.3 is 0 Å². The lowest BCUT2D eigenvalue weighted by molar-refractivity contribution is 0.779. The zero-order chi connectivity index (χ0) is 10.3. The molecule has 2 rings (SSSR count). The van der Waals surface area contributed by atoms with E-state index in [1.54, 1.807) is 0 Å². The van der Waals surface area contributed by atoms with E-state index in [-0.39, 0.29) is 0 Å². The molecular weight excluding hydrogens is 196 g/mol. The SMILES string of the molecule is CC(C)c1cc(Cl)cc2cnn(C)c12. The van der Waals surface area contributed by atoms with Crippen molar-refractivity contribution in [2.45, 2.75) is 19.8 Å². The van der Waals surface area contributed by atoms with Crippen LogP contribution in [0.5, 0.6) is 0 Å². The standard InChI is InChI=1S/C11H13ClN2/c1-7(2)10-5-9(12)4-8-6-13-14(3)11(8)10/h4-7H,1-3H3. The van der Waals surface area contributed by atoms with Crippen molar-refractivity contribution in [2.75, 3.05) is 0 Å². The van der Waals surface area contributed by atoms with E-state index in [9.17, 15) is 0 Å². The molecule has 0 aliphatic carbocycles. The van der Waals surface area contributed by atoms with Crippen LogP contribution in [0.1, 0.15) is 25.3 Å². The minimum atomic E-state index is 0.464. The van der Waals surface area contributed by atoms with E-state index in [2.05, 4.69) is 18.9 Å². The first-order chi connectivity index (χ1) is 6.59. The van der Waals surface area contributed by atoms with Crippen molar-refractivity contribution in [1.29, 1.82) is 0 Å². The molecule has 1 aromatic heterocycles. The Bertz CT molecular complexity index is 471. The van der Waals surface area contributed by atoms with Crippen LogP contribution in [-0.4, -0.2) is 9.78 Å². The number of fused-ring (bicyclic) bond motifs is 1. The van der Waals surface area contributed by atoms with E-state index < -0.39 is 0 Å². The van der Waals surface area contributed by atoms with Gasteiger partial charge in [0.15, 0.2) is 0 Å². The van der Waals surface area contributed by atoms with Gasteiger partial charge in [0.25, 0.3) is 0 Å². The van der Waals surface area contributed by atoms with Crippen LogP contribution in [0.25, 0.3) is 10.9 Å². The van der Waals surface area contributed by atoms with Gasteiger partial charge in [-0.15, -0.1) is 0 Å². The van der Waals surface area contributed by atoms with Crippen molar-refractivity contribution in [2.24, 2.45) is 7.05 Å². The second-order valence-electron chi connectivity index (χ2n) is 3.86. The molecule has 0 aliphatic heterocycles. The Labute approximate surface area is 88.5 Å². The molecule has 1 aromatic carbocycles. The maximum atomic E-state index is 6.04. The lowest BCUT2D eigenvalue weighted by Crippen LogP contribution is -1.96. The lowest BCUT2D eigenvalue weighted by atomic mass is 10.0. The summed E-state index contributed by atoms with van der Waals surface area (Å²) >= 11 is 6.04. The zero-order valence-electron chi connectivity index (χ0n) is 8.58. The highest BCUT2D eigenvalue weighted by molar-refractivity contribution is 6.31. The molecule has 0 fully saturated rings. The third kappa shape index (κ3) is 1.40. The van der Waals surface area contributed by atoms with Crippen molar-refractivity contribution < 1.29 is 0 Å². The van der Waals surface area contributed by atoms with Gasteiger partial charge in [0.1, 0.15) is 0 Å². The fourth-order valence-electron chi connectivity index (χ4n) is 1.76. The van der Waals surface area contributed by atoms with E-state index in [1.807, 2.05) is 30.1 Å². The first-order valence-corrected chi connectivity index (χ1v) is 5.08. The largest absolute Gasteiger partial charge is 0.268 e.